The molecule has 0 saturated heterocycles. The van der Waals surface area contributed by atoms with E-state index in [2.05, 4.69) is 10.6 Å². The van der Waals surface area contributed by atoms with E-state index < -0.39 is 23.8 Å². The predicted octanol–water partition coefficient (Wildman–Crippen LogP) is 2.87. The van der Waals surface area contributed by atoms with Gasteiger partial charge in [-0.25, -0.2) is 5.48 Å². The van der Waals surface area contributed by atoms with E-state index in [9.17, 15) is 14.4 Å². The van der Waals surface area contributed by atoms with Crippen molar-refractivity contribution in [2.75, 3.05) is 5.32 Å². The van der Waals surface area contributed by atoms with Gasteiger partial charge in [0.25, 0.3) is 5.91 Å². The van der Waals surface area contributed by atoms with Gasteiger partial charge in [-0.1, -0.05) is 66.7 Å². The van der Waals surface area contributed by atoms with Gasteiger partial charge in [0, 0.05) is 17.1 Å². The van der Waals surface area contributed by atoms with Crippen molar-refractivity contribution in [1.29, 1.82) is 0 Å². The van der Waals surface area contributed by atoms with E-state index in [1.54, 1.807) is 12.1 Å². The standard InChI is InChI=1S/C23H21N3O4/c27-21(14-13-16-7-2-1-3-8-16)25-20(23(29)26-30)15-22(28)24-19-12-6-10-17-9-4-5-11-18(17)19/h1-14,20,30H,15H2,(H,24,28)(H,25,27)(H,26,29)/b14-13+/t20-/m1/s1. The van der Waals surface area contributed by atoms with Gasteiger partial charge in [0.05, 0.1) is 6.42 Å². The Bertz CT molecular complexity index is 1070. The zero-order valence-electron chi connectivity index (χ0n) is 16.0. The van der Waals surface area contributed by atoms with E-state index in [1.165, 1.54) is 11.6 Å². The Morgan fingerprint density at radius 3 is 2.37 bits per heavy atom. The highest BCUT2D eigenvalue weighted by Crippen LogP contribution is 2.23. The summed E-state index contributed by atoms with van der Waals surface area (Å²) in [6.45, 7) is 0. The van der Waals surface area contributed by atoms with Crippen LogP contribution < -0.4 is 16.1 Å². The normalized spacial score (nSPS) is 11.8. The van der Waals surface area contributed by atoms with E-state index in [-0.39, 0.29) is 6.42 Å². The lowest BCUT2D eigenvalue weighted by molar-refractivity contribution is -0.135. The summed E-state index contributed by atoms with van der Waals surface area (Å²) in [7, 11) is 0. The molecule has 0 radical (unpaired) electrons. The molecule has 0 bridgehead atoms. The summed E-state index contributed by atoms with van der Waals surface area (Å²) in [6.07, 6.45) is 2.50. The van der Waals surface area contributed by atoms with Crippen LogP contribution in [0.5, 0.6) is 0 Å². The molecule has 7 heteroatoms. The highest BCUT2D eigenvalue weighted by atomic mass is 16.5. The molecule has 1 atom stereocenters. The maximum Gasteiger partial charge on any atom is 0.266 e. The summed E-state index contributed by atoms with van der Waals surface area (Å²) in [5, 5.41) is 16.0. The van der Waals surface area contributed by atoms with Crippen molar-refractivity contribution in [2.45, 2.75) is 12.5 Å². The molecule has 3 amide bonds. The van der Waals surface area contributed by atoms with E-state index >= 15 is 0 Å². The first kappa shape index (κ1) is 20.8. The quantitative estimate of drug-likeness (QED) is 0.276. The largest absolute Gasteiger partial charge is 0.340 e. The molecular formula is C23H21N3O4. The Morgan fingerprint density at radius 2 is 1.60 bits per heavy atom. The molecule has 3 aromatic carbocycles. The van der Waals surface area contributed by atoms with Gasteiger partial charge in [-0.05, 0) is 23.1 Å². The molecule has 3 aromatic rings. The van der Waals surface area contributed by atoms with Crippen LogP contribution in [-0.4, -0.2) is 29.0 Å². The van der Waals surface area contributed by atoms with Crippen LogP contribution in [0.1, 0.15) is 12.0 Å². The highest BCUT2D eigenvalue weighted by molar-refractivity contribution is 6.04. The Morgan fingerprint density at radius 1 is 0.900 bits per heavy atom. The zero-order chi connectivity index (χ0) is 21.3. The first-order valence-corrected chi connectivity index (χ1v) is 9.32. The average Bonchev–Trinajstić information content (AvgIpc) is 2.77. The molecule has 30 heavy (non-hydrogen) atoms. The summed E-state index contributed by atoms with van der Waals surface area (Å²) in [6, 6.07) is 21.0. The smallest absolute Gasteiger partial charge is 0.266 e. The Hall–Kier alpha value is -3.97. The van der Waals surface area contributed by atoms with Crippen LogP contribution in [-0.2, 0) is 14.4 Å². The van der Waals surface area contributed by atoms with E-state index in [0.717, 1.165) is 16.3 Å². The number of rotatable bonds is 7. The van der Waals surface area contributed by atoms with Gasteiger partial charge in [-0.2, -0.15) is 0 Å². The van der Waals surface area contributed by atoms with Crippen molar-refractivity contribution in [2.24, 2.45) is 0 Å². The summed E-state index contributed by atoms with van der Waals surface area (Å²) in [5.74, 6) is -1.93. The van der Waals surface area contributed by atoms with Crippen molar-refractivity contribution >= 4 is 40.3 Å². The highest BCUT2D eigenvalue weighted by Gasteiger charge is 2.23. The summed E-state index contributed by atoms with van der Waals surface area (Å²) >= 11 is 0. The molecule has 0 aliphatic heterocycles. The number of hydrogen-bond acceptors (Lipinski definition) is 4. The lowest BCUT2D eigenvalue weighted by atomic mass is 10.1. The minimum absolute atomic E-state index is 0.347. The molecule has 3 rings (SSSR count). The Labute approximate surface area is 173 Å². The number of carbonyl (C=O) groups is 3. The predicted molar refractivity (Wildman–Crippen MR) is 115 cm³/mol. The number of benzene rings is 3. The summed E-state index contributed by atoms with van der Waals surface area (Å²) in [5.41, 5.74) is 2.89. The number of amides is 3. The van der Waals surface area contributed by atoms with Crippen LogP contribution in [0.15, 0.2) is 78.9 Å². The van der Waals surface area contributed by atoms with Crippen molar-refractivity contribution < 1.29 is 19.6 Å². The number of nitrogens with one attached hydrogen (secondary N) is 3. The number of carbonyl (C=O) groups excluding carboxylic acids is 3. The molecule has 0 aromatic heterocycles. The third kappa shape index (κ3) is 5.52. The van der Waals surface area contributed by atoms with Crippen molar-refractivity contribution in [3.8, 4) is 0 Å². The molecule has 0 heterocycles. The fourth-order valence-electron chi connectivity index (χ4n) is 2.96. The topological polar surface area (TPSA) is 108 Å². The van der Waals surface area contributed by atoms with Gasteiger partial charge in [0.1, 0.15) is 6.04 Å². The first-order valence-electron chi connectivity index (χ1n) is 9.32. The molecule has 0 unspecified atom stereocenters. The average molecular weight is 403 g/mol. The van der Waals surface area contributed by atoms with Crippen molar-refractivity contribution in [3.63, 3.8) is 0 Å². The van der Waals surface area contributed by atoms with Crippen molar-refractivity contribution in [3.05, 3.63) is 84.4 Å². The van der Waals surface area contributed by atoms with Crippen LogP contribution in [0.4, 0.5) is 5.69 Å². The van der Waals surface area contributed by atoms with E-state index in [0.29, 0.717) is 5.69 Å². The maximum absolute atomic E-state index is 12.5. The third-order valence-corrected chi connectivity index (χ3v) is 4.42. The SMILES string of the molecule is O=C(/C=C/c1ccccc1)N[C@H](CC(=O)Nc1cccc2ccccc12)C(=O)NO. The van der Waals surface area contributed by atoms with Crippen LogP contribution in [0, 0.1) is 0 Å². The summed E-state index contributed by atoms with van der Waals surface area (Å²) < 4.78 is 0. The number of hydroxylamine groups is 1. The molecule has 0 aliphatic carbocycles. The van der Waals surface area contributed by atoms with Crippen LogP contribution in [0.3, 0.4) is 0 Å². The van der Waals surface area contributed by atoms with Crippen LogP contribution >= 0.6 is 0 Å². The van der Waals surface area contributed by atoms with Gasteiger partial charge >= 0.3 is 0 Å². The fraction of sp³-hybridized carbons (Fsp3) is 0.0870. The lowest BCUT2D eigenvalue weighted by Gasteiger charge is -2.16. The molecule has 0 aliphatic rings. The number of anilines is 1. The maximum atomic E-state index is 12.5. The third-order valence-electron chi connectivity index (χ3n) is 4.42. The molecule has 0 saturated carbocycles. The molecule has 0 spiro atoms. The molecule has 0 fully saturated rings. The van der Waals surface area contributed by atoms with E-state index in [1.807, 2.05) is 66.7 Å². The minimum Gasteiger partial charge on any atom is -0.340 e. The fourth-order valence-corrected chi connectivity index (χ4v) is 2.96. The Balaban J connectivity index is 1.66. The zero-order valence-corrected chi connectivity index (χ0v) is 16.0. The molecule has 152 valence electrons. The second kappa shape index (κ2) is 9.99. The number of hydrogen-bond donors (Lipinski definition) is 4. The number of fused-ring (bicyclic) bond motifs is 1. The van der Waals surface area contributed by atoms with Gasteiger partial charge in [-0.15, -0.1) is 0 Å². The van der Waals surface area contributed by atoms with Gasteiger partial charge in [-0.3, -0.25) is 19.6 Å². The Kier molecular flexibility index (Phi) is 6.91. The van der Waals surface area contributed by atoms with Crippen molar-refractivity contribution in [1.82, 2.24) is 10.8 Å². The monoisotopic (exact) mass is 403 g/mol. The second-order valence-electron chi connectivity index (χ2n) is 6.56. The lowest BCUT2D eigenvalue weighted by Crippen LogP contribution is -2.47. The van der Waals surface area contributed by atoms with E-state index in [4.69, 9.17) is 5.21 Å². The first-order chi connectivity index (χ1) is 14.6. The van der Waals surface area contributed by atoms with Gasteiger partial charge in [0.2, 0.25) is 11.8 Å². The van der Waals surface area contributed by atoms with Crippen LogP contribution in [0.2, 0.25) is 0 Å². The molecule has 7 nitrogen and oxygen atoms in total. The molecular weight excluding hydrogens is 382 g/mol. The minimum atomic E-state index is -1.24. The van der Waals surface area contributed by atoms with Gasteiger partial charge in [0.15, 0.2) is 0 Å². The summed E-state index contributed by atoms with van der Waals surface area (Å²) in [4.78, 5) is 36.6. The molecule has 4 N–H and O–H groups in total. The van der Waals surface area contributed by atoms with Gasteiger partial charge < -0.3 is 10.6 Å². The second-order valence-corrected chi connectivity index (χ2v) is 6.56. The van der Waals surface area contributed by atoms with Crippen LogP contribution in [0.25, 0.3) is 16.8 Å².